The standard InChI is InChI=1S/C20H19N3O3/c1-25-18-5-3-17(4-6-18)23-10-8-16(22-23)13-21-20(24)15-2-7-19-14(12-15)9-11-26-19/h2-8,10,12H,9,11,13H2,1H3,(H,21,24). The van der Waals surface area contributed by atoms with Gasteiger partial charge in [0.15, 0.2) is 0 Å². The van der Waals surface area contributed by atoms with Crippen molar-refractivity contribution in [2.45, 2.75) is 13.0 Å². The molecule has 1 aliphatic rings. The Balaban J connectivity index is 1.40. The minimum atomic E-state index is -0.112. The van der Waals surface area contributed by atoms with Crippen molar-refractivity contribution in [3.8, 4) is 17.2 Å². The monoisotopic (exact) mass is 349 g/mol. The Labute approximate surface area is 151 Å². The maximum Gasteiger partial charge on any atom is 0.251 e. The second kappa shape index (κ2) is 6.92. The number of carbonyl (C=O) groups is 1. The van der Waals surface area contributed by atoms with Crippen molar-refractivity contribution in [2.24, 2.45) is 0 Å². The van der Waals surface area contributed by atoms with E-state index in [1.54, 1.807) is 17.9 Å². The van der Waals surface area contributed by atoms with E-state index in [9.17, 15) is 4.79 Å². The molecule has 0 radical (unpaired) electrons. The van der Waals surface area contributed by atoms with Crippen molar-refractivity contribution in [1.82, 2.24) is 15.1 Å². The van der Waals surface area contributed by atoms with Gasteiger partial charge in [-0.15, -0.1) is 0 Å². The summed E-state index contributed by atoms with van der Waals surface area (Å²) in [6.45, 7) is 1.05. The van der Waals surface area contributed by atoms with Crippen LogP contribution < -0.4 is 14.8 Å². The first-order valence-electron chi connectivity index (χ1n) is 8.46. The highest BCUT2D eigenvalue weighted by Crippen LogP contribution is 2.25. The number of fused-ring (bicyclic) bond motifs is 1. The Morgan fingerprint density at radius 1 is 1.23 bits per heavy atom. The highest BCUT2D eigenvalue weighted by molar-refractivity contribution is 5.94. The lowest BCUT2D eigenvalue weighted by atomic mass is 10.1. The van der Waals surface area contributed by atoms with Crippen LogP contribution in [0.25, 0.3) is 5.69 Å². The molecule has 1 aliphatic heterocycles. The Bertz CT molecular complexity index is 932. The summed E-state index contributed by atoms with van der Waals surface area (Å²) in [5, 5.41) is 7.41. The molecule has 132 valence electrons. The number of carbonyl (C=O) groups excluding carboxylic acids is 1. The maximum absolute atomic E-state index is 12.4. The predicted molar refractivity (Wildman–Crippen MR) is 96.9 cm³/mol. The Kier molecular flexibility index (Phi) is 4.31. The molecule has 0 atom stereocenters. The minimum absolute atomic E-state index is 0.112. The van der Waals surface area contributed by atoms with E-state index in [-0.39, 0.29) is 5.91 Å². The van der Waals surface area contributed by atoms with Gasteiger partial charge in [0.25, 0.3) is 5.91 Å². The average Bonchev–Trinajstić information content (AvgIpc) is 3.35. The summed E-state index contributed by atoms with van der Waals surface area (Å²) in [5.74, 6) is 1.56. The molecule has 4 rings (SSSR count). The molecular weight excluding hydrogens is 330 g/mol. The molecule has 1 N–H and O–H groups in total. The smallest absolute Gasteiger partial charge is 0.251 e. The molecule has 26 heavy (non-hydrogen) atoms. The second-order valence-corrected chi connectivity index (χ2v) is 6.05. The molecule has 2 heterocycles. The van der Waals surface area contributed by atoms with E-state index in [0.29, 0.717) is 18.7 Å². The summed E-state index contributed by atoms with van der Waals surface area (Å²) in [7, 11) is 1.64. The number of aromatic nitrogens is 2. The van der Waals surface area contributed by atoms with E-state index >= 15 is 0 Å². The van der Waals surface area contributed by atoms with Gasteiger partial charge >= 0.3 is 0 Å². The molecule has 0 fully saturated rings. The third-order valence-corrected chi connectivity index (χ3v) is 4.36. The van der Waals surface area contributed by atoms with Gasteiger partial charge in [0.2, 0.25) is 0 Å². The fraction of sp³-hybridized carbons (Fsp3) is 0.200. The number of rotatable bonds is 5. The molecule has 6 heteroatoms. The van der Waals surface area contributed by atoms with Gasteiger partial charge in [-0.1, -0.05) is 0 Å². The first kappa shape index (κ1) is 16.2. The van der Waals surface area contributed by atoms with Crippen LogP contribution in [0.1, 0.15) is 21.6 Å². The van der Waals surface area contributed by atoms with E-state index in [1.807, 2.05) is 48.7 Å². The Morgan fingerprint density at radius 3 is 2.88 bits per heavy atom. The second-order valence-electron chi connectivity index (χ2n) is 6.05. The molecule has 1 aromatic heterocycles. The zero-order valence-corrected chi connectivity index (χ0v) is 14.4. The van der Waals surface area contributed by atoms with Crippen LogP contribution in [0.4, 0.5) is 0 Å². The zero-order chi connectivity index (χ0) is 17.9. The maximum atomic E-state index is 12.4. The molecule has 1 amide bonds. The highest BCUT2D eigenvalue weighted by Gasteiger charge is 2.15. The van der Waals surface area contributed by atoms with Crippen molar-refractivity contribution in [1.29, 1.82) is 0 Å². The number of amides is 1. The summed E-state index contributed by atoms with van der Waals surface area (Å²) in [5.41, 5.74) is 3.45. The third-order valence-electron chi connectivity index (χ3n) is 4.36. The normalized spacial score (nSPS) is 12.3. The van der Waals surface area contributed by atoms with Gasteiger partial charge in [-0.3, -0.25) is 4.79 Å². The van der Waals surface area contributed by atoms with Crippen molar-refractivity contribution >= 4 is 5.91 Å². The van der Waals surface area contributed by atoms with Crippen molar-refractivity contribution in [2.75, 3.05) is 13.7 Å². The largest absolute Gasteiger partial charge is 0.497 e. The summed E-state index contributed by atoms with van der Waals surface area (Å²) in [6.07, 6.45) is 2.72. The molecule has 0 aliphatic carbocycles. The van der Waals surface area contributed by atoms with Gasteiger partial charge in [-0.05, 0) is 54.1 Å². The zero-order valence-electron chi connectivity index (χ0n) is 14.4. The van der Waals surface area contributed by atoms with Crippen LogP contribution >= 0.6 is 0 Å². The van der Waals surface area contributed by atoms with Gasteiger partial charge < -0.3 is 14.8 Å². The molecule has 3 aromatic rings. The van der Waals surface area contributed by atoms with Crippen LogP contribution in [0, 0.1) is 0 Å². The van der Waals surface area contributed by atoms with E-state index in [1.165, 1.54) is 0 Å². The minimum Gasteiger partial charge on any atom is -0.497 e. The van der Waals surface area contributed by atoms with Crippen LogP contribution in [-0.2, 0) is 13.0 Å². The van der Waals surface area contributed by atoms with Crippen LogP contribution in [0.2, 0.25) is 0 Å². The van der Waals surface area contributed by atoms with E-state index in [4.69, 9.17) is 9.47 Å². The summed E-state index contributed by atoms with van der Waals surface area (Å²) >= 11 is 0. The molecular formula is C20H19N3O3. The van der Waals surface area contributed by atoms with Crippen LogP contribution in [0.3, 0.4) is 0 Å². The number of ether oxygens (including phenoxy) is 2. The van der Waals surface area contributed by atoms with Crippen LogP contribution in [0.15, 0.2) is 54.7 Å². The lowest BCUT2D eigenvalue weighted by molar-refractivity contribution is 0.0950. The molecule has 0 saturated carbocycles. The molecule has 0 spiro atoms. The number of methoxy groups -OCH3 is 1. The summed E-state index contributed by atoms with van der Waals surface area (Å²) in [4.78, 5) is 12.4. The molecule has 0 unspecified atom stereocenters. The summed E-state index contributed by atoms with van der Waals surface area (Å²) < 4.78 is 12.4. The van der Waals surface area contributed by atoms with E-state index < -0.39 is 0 Å². The van der Waals surface area contributed by atoms with Gasteiger partial charge in [0.05, 0.1) is 31.6 Å². The SMILES string of the molecule is COc1ccc(-n2ccc(CNC(=O)c3ccc4c(c3)CCO4)n2)cc1. The Hall–Kier alpha value is -3.28. The fourth-order valence-electron chi connectivity index (χ4n) is 2.94. The molecule has 6 nitrogen and oxygen atoms in total. The van der Waals surface area contributed by atoms with E-state index in [0.717, 1.165) is 34.9 Å². The quantitative estimate of drug-likeness (QED) is 0.769. The lowest BCUT2D eigenvalue weighted by Crippen LogP contribution is -2.23. The van der Waals surface area contributed by atoms with E-state index in [2.05, 4.69) is 10.4 Å². The predicted octanol–water partition coefficient (Wildman–Crippen LogP) is 2.75. The Morgan fingerprint density at radius 2 is 2.08 bits per heavy atom. The fourth-order valence-corrected chi connectivity index (χ4v) is 2.94. The molecule has 0 saturated heterocycles. The van der Waals surface area contributed by atoms with Crippen molar-refractivity contribution in [3.05, 3.63) is 71.5 Å². The number of nitrogens with zero attached hydrogens (tertiary/aromatic N) is 2. The number of benzene rings is 2. The van der Waals surface area contributed by atoms with Gasteiger partial charge in [0.1, 0.15) is 11.5 Å². The summed E-state index contributed by atoms with van der Waals surface area (Å²) in [6, 6.07) is 15.1. The van der Waals surface area contributed by atoms with Crippen LogP contribution in [0.5, 0.6) is 11.5 Å². The van der Waals surface area contributed by atoms with Gasteiger partial charge in [0, 0.05) is 18.2 Å². The van der Waals surface area contributed by atoms with Gasteiger partial charge in [-0.25, -0.2) is 4.68 Å². The number of nitrogens with one attached hydrogen (secondary N) is 1. The van der Waals surface area contributed by atoms with Crippen molar-refractivity contribution < 1.29 is 14.3 Å². The number of hydrogen-bond donors (Lipinski definition) is 1. The topological polar surface area (TPSA) is 65.4 Å². The van der Waals surface area contributed by atoms with Crippen molar-refractivity contribution in [3.63, 3.8) is 0 Å². The lowest BCUT2D eigenvalue weighted by Gasteiger charge is -2.06. The first-order valence-corrected chi connectivity index (χ1v) is 8.46. The number of hydrogen-bond acceptors (Lipinski definition) is 4. The van der Waals surface area contributed by atoms with Crippen LogP contribution in [-0.4, -0.2) is 29.4 Å². The molecule has 0 bridgehead atoms. The highest BCUT2D eigenvalue weighted by atomic mass is 16.5. The average molecular weight is 349 g/mol. The van der Waals surface area contributed by atoms with Gasteiger partial charge in [-0.2, -0.15) is 5.10 Å². The molecule has 2 aromatic carbocycles. The third kappa shape index (κ3) is 3.26. The first-order chi connectivity index (χ1) is 12.7.